The fourth-order valence-electron chi connectivity index (χ4n) is 6.52. The molecule has 0 unspecified atom stereocenters. The number of carbonyl (C=O) groups is 1. The Labute approximate surface area is 329 Å². The minimum atomic E-state index is -1.74. The van der Waals surface area contributed by atoms with E-state index in [9.17, 15) is 4.79 Å². The van der Waals surface area contributed by atoms with Crippen LogP contribution in [0.5, 0.6) is 23.0 Å². The first-order valence-electron chi connectivity index (χ1n) is 18.6. The van der Waals surface area contributed by atoms with Crippen molar-refractivity contribution in [2.24, 2.45) is 0 Å². The van der Waals surface area contributed by atoms with Crippen LogP contribution in [0.15, 0.2) is 66.7 Å². The number of alkyl halides is 3. The molecule has 0 spiro atoms. The molecule has 0 saturated heterocycles. The Bertz CT molecular complexity index is 1740. The molecule has 0 fully saturated rings. The number of hydrogen-bond donors (Lipinski definition) is 1. The molecule has 0 aromatic heterocycles. The van der Waals surface area contributed by atoms with Gasteiger partial charge in [0.05, 0.1) is 26.4 Å². The number of fused-ring (bicyclic) bond motifs is 8. The van der Waals surface area contributed by atoms with Crippen molar-refractivity contribution in [1.29, 1.82) is 0 Å². The predicted octanol–water partition coefficient (Wildman–Crippen LogP) is 11.4. The smallest absolute Gasteiger partial charge is 0.411 e. The molecule has 10 heteroatoms. The van der Waals surface area contributed by atoms with E-state index in [-0.39, 0.29) is 0 Å². The zero-order chi connectivity index (χ0) is 37.8. The monoisotopic (exact) mass is 781 g/mol. The molecule has 284 valence electrons. The maximum Gasteiger partial charge on any atom is 0.411 e. The van der Waals surface area contributed by atoms with Crippen molar-refractivity contribution < 1.29 is 28.5 Å². The number of ether oxygens (including phenoxy) is 5. The van der Waals surface area contributed by atoms with Crippen LogP contribution in [0.1, 0.15) is 97.9 Å². The third-order valence-electron chi connectivity index (χ3n) is 8.72. The Hall–Kier alpha value is -3.78. The average Bonchev–Trinajstić information content (AvgIpc) is 3.12. The molecule has 1 N–H and O–H groups in total. The maximum atomic E-state index is 13.0. The molecule has 4 aromatic rings. The van der Waals surface area contributed by atoms with Gasteiger partial charge in [-0.05, 0) is 71.2 Å². The fraction of sp³-hybridized carbons (Fsp3) is 0.419. The molecule has 1 amide bonds. The number of anilines is 1. The summed E-state index contributed by atoms with van der Waals surface area (Å²) in [6.07, 6.45) is 4.92. The van der Waals surface area contributed by atoms with E-state index in [0.29, 0.717) is 57.8 Å². The Morgan fingerprint density at radius 3 is 1.15 bits per heavy atom. The van der Waals surface area contributed by atoms with Crippen LogP contribution in [0, 0.1) is 0 Å². The van der Waals surface area contributed by atoms with Crippen LogP contribution in [0.2, 0.25) is 0 Å². The van der Waals surface area contributed by atoms with Gasteiger partial charge in [0, 0.05) is 42.5 Å². The van der Waals surface area contributed by atoms with E-state index in [4.69, 9.17) is 58.5 Å². The van der Waals surface area contributed by atoms with Gasteiger partial charge in [0.2, 0.25) is 3.79 Å². The number of hydrogen-bond acceptors (Lipinski definition) is 6. The van der Waals surface area contributed by atoms with Crippen LogP contribution < -0.4 is 24.3 Å². The van der Waals surface area contributed by atoms with E-state index < -0.39 is 16.5 Å². The predicted molar refractivity (Wildman–Crippen MR) is 215 cm³/mol. The van der Waals surface area contributed by atoms with Gasteiger partial charge in [0.1, 0.15) is 29.6 Å². The van der Waals surface area contributed by atoms with Crippen molar-refractivity contribution in [3.8, 4) is 23.0 Å². The molecule has 7 nitrogen and oxygen atoms in total. The van der Waals surface area contributed by atoms with Gasteiger partial charge in [-0.3, -0.25) is 5.32 Å². The van der Waals surface area contributed by atoms with Gasteiger partial charge in [-0.2, -0.15) is 0 Å². The SMILES string of the molecule is CCCOc1c2cccc1Cc1cccc(c1OCCC)Cc1cc(NC(=O)OCC(Cl)(Cl)Cl)cc(c1OCCC)Cc1cccc(c1OCCC)C2. The summed E-state index contributed by atoms with van der Waals surface area (Å²) in [5.41, 5.74) is 8.65. The number of para-hydroxylation sites is 3. The molecule has 5 rings (SSSR count). The first-order chi connectivity index (χ1) is 25.6. The quantitative estimate of drug-likeness (QED) is 0.113. The first kappa shape index (κ1) is 40.4. The second kappa shape index (κ2) is 19.5. The van der Waals surface area contributed by atoms with Gasteiger partial charge in [0.15, 0.2) is 0 Å². The van der Waals surface area contributed by atoms with Gasteiger partial charge in [-0.1, -0.05) is 117 Å². The third-order valence-corrected chi connectivity index (χ3v) is 9.04. The lowest BCUT2D eigenvalue weighted by Crippen LogP contribution is -2.21. The zero-order valence-electron chi connectivity index (χ0n) is 31.1. The molecule has 0 radical (unpaired) electrons. The molecular formula is C43H50Cl3NO6. The van der Waals surface area contributed by atoms with Gasteiger partial charge >= 0.3 is 6.09 Å². The van der Waals surface area contributed by atoms with E-state index in [2.05, 4.69) is 87.6 Å². The van der Waals surface area contributed by atoms with E-state index in [0.717, 1.165) is 93.2 Å². The zero-order valence-corrected chi connectivity index (χ0v) is 33.4. The van der Waals surface area contributed by atoms with E-state index in [1.165, 1.54) is 0 Å². The second-order valence-electron chi connectivity index (χ2n) is 13.3. The van der Waals surface area contributed by atoms with Crippen molar-refractivity contribution in [2.45, 2.75) is 82.9 Å². The standard InChI is InChI=1S/C43H50Cl3NO6/c1-5-18-49-38-29-12-9-13-30(38)23-32-15-11-17-34(40(32)51-20-7-3)25-36-27-37(47-42(48)53-28-43(44,45)46)26-35(41(36)52-21-8-4)24-33-16-10-14-31(22-29)39(33)50-19-6-2/h9-17,26-27H,5-8,18-25,28H2,1-4H3,(H,47,48). The third kappa shape index (κ3) is 11.1. The highest BCUT2D eigenvalue weighted by atomic mass is 35.6. The van der Waals surface area contributed by atoms with Crippen molar-refractivity contribution >= 4 is 46.6 Å². The average molecular weight is 783 g/mol. The Morgan fingerprint density at radius 1 is 0.547 bits per heavy atom. The first-order valence-corrected chi connectivity index (χ1v) is 19.8. The largest absolute Gasteiger partial charge is 0.493 e. The summed E-state index contributed by atoms with van der Waals surface area (Å²) in [6, 6.07) is 22.9. The lowest BCUT2D eigenvalue weighted by atomic mass is 9.91. The summed E-state index contributed by atoms with van der Waals surface area (Å²) in [7, 11) is 0. The molecule has 8 bridgehead atoms. The normalized spacial score (nSPS) is 12.5. The van der Waals surface area contributed by atoms with Crippen LogP contribution in [-0.2, 0) is 30.4 Å². The van der Waals surface area contributed by atoms with Crippen LogP contribution in [0.4, 0.5) is 10.5 Å². The highest BCUT2D eigenvalue weighted by Gasteiger charge is 2.25. The molecule has 1 aliphatic carbocycles. The van der Waals surface area contributed by atoms with Gasteiger partial charge < -0.3 is 23.7 Å². The molecular weight excluding hydrogens is 733 g/mol. The molecule has 0 aliphatic heterocycles. The molecule has 0 heterocycles. The lowest BCUT2D eigenvalue weighted by molar-refractivity contribution is 0.164. The number of nitrogens with one attached hydrogen (secondary N) is 1. The van der Waals surface area contributed by atoms with Gasteiger partial charge in [-0.15, -0.1) is 0 Å². The Morgan fingerprint density at radius 2 is 0.849 bits per heavy atom. The highest BCUT2D eigenvalue weighted by Crippen LogP contribution is 2.40. The number of rotatable bonds is 14. The summed E-state index contributed by atoms with van der Waals surface area (Å²) in [5, 5.41) is 2.87. The fourth-order valence-corrected chi connectivity index (χ4v) is 6.68. The molecule has 0 saturated carbocycles. The summed E-state index contributed by atoms with van der Waals surface area (Å²) in [4.78, 5) is 13.0. The van der Waals surface area contributed by atoms with Crippen LogP contribution in [0.25, 0.3) is 0 Å². The van der Waals surface area contributed by atoms with Crippen molar-refractivity contribution in [1.82, 2.24) is 0 Å². The number of carbonyl (C=O) groups excluding carboxylic acids is 1. The Balaban J connectivity index is 1.75. The van der Waals surface area contributed by atoms with E-state index >= 15 is 0 Å². The molecule has 53 heavy (non-hydrogen) atoms. The summed E-state index contributed by atoms with van der Waals surface area (Å²) < 4.78 is 29.8. The van der Waals surface area contributed by atoms with Crippen LogP contribution in [-0.4, -0.2) is 42.9 Å². The summed E-state index contributed by atoms with van der Waals surface area (Å²) in [6.45, 7) is 10.3. The molecule has 4 aromatic carbocycles. The van der Waals surface area contributed by atoms with Crippen molar-refractivity contribution in [3.63, 3.8) is 0 Å². The van der Waals surface area contributed by atoms with Gasteiger partial charge in [-0.25, -0.2) is 4.79 Å². The number of benzene rings is 4. The lowest BCUT2D eigenvalue weighted by Gasteiger charge is -2.23. The topological polar surface area (TPSA) is 75.3 Å². The van der Waals surface area contributed by atoms with E-state index in [1.54, 1.807) is 0 Å². The minimum absolute atomic E-state index is 0.399. The maximum absolute atomic E-state index is 13.0. The van der Waals surface area contributed by atoms with E-state index in [1.807, 2.05) is 12.1 Å². The van der Waals surface area contributed by atoms with Crippen molar-refractivity contribution in [2.75, 3.05) is 38.4 Å². The summed E-state index contributed by atoms with van der Waals surface area (Å²) in [5.74, 6) is 3.37. The molecule has 1 aliphatic rings. The number of amides is 1. The number of halogens is 3. The van der Waals surface area contributed by atoms with Gasteiger partial charge in [0.25, 0.3) is 0 Å². The molecule has 0 atom stereocenters. The minimum Gasteiger partial charge on any atom is -0.493 e. The highest BCUT2D eigenvalue weighted by molar-refractivity contribution is 6.67. The van der Waals surface area contributed by atoms with Crippen LogP contribution >= 0.6 is 34.8 Å². The second-order valence-corrected chi connectivity index (χ2v) is 15.8. The van der Waals surface area contributed by atoms with Crippen molar-refractivity contribution in [3.05, 3.63) is 111 Å². The Kier molecular flexibility index (Phi) is 14.9. The summed E-state index contributed by atoms with van der Waals surface area (Å²) >= 11 is 17.6. The van der Waals surface area contributed by atoms with Crippen LogP contribution in [0.3, 0.4) is 0 Å².